The highest BCUT2D eigenvalue weighted by Crippen LogP contribution is 2.23. The van der Waals surface area contributed by atoms with Crippen LogP contribution in [0.15, 0.2) is 18.2 Å². The molecular weight excluding hydrogens is 243 g/mol. The molecule has 0 aromatic heterocycles. The zero-order chi connectivity index (χ0) is 13.8. The topological polar surface area (TPSA) is 21.3 Å². The first-order valence-electron chi connectivity index (χ1n) is 5.80. The molecular formula is C13H18F3NO. The van der Waals surface area contributed by atoms with Crippen LogP contribution in [0.5, 0.6) is 5.75 Å². The molecule has 5 heteroatoms. The highest BCUT2D eigenvalue weighted by Gasteiger charge is 2.28. The van der Waals surface area contributed by atoms with Gasteiger partial charge in [-0.15, -0.1) is 0 Å². The lowest BCUT2D eigenvalue weighted by atomic mass is 10.1. The fourth-order valence-electron chi connectivity index (χ4n) is 1.46. The molecule has 0 spiro atoms. The van der Waals surface area contributed by atoms with Crippen LogP contribution in [0.1, 0.15) is 25.0 Å². The van der Waals surface area contributed by atoms with Gasteiger partial charge in [0.1, 0.15) is 5.75 Å². The molecule has 0 fully saturated rings. The summed E-state index contributed by atoms with van der Waals surface area (Å²) in [7, 11) is 0. The van der Waals surface area contributed by atoms with E-state index in [-0.39, 0.29) is 11.8 Å². The van der Waals surface area contributed by atoms with Crippen LogP contribution in [0.4, 0.5) is 13.2 Å². The Labute approximate surface area is 105 Å². The second-order valence-electron chi connectivity index (χ2n) is 4.55. The van der Waals surface area contributed by atoms with Crippen molar-refractivity contribution in [2.75, 3.05) is 6.61 Å². The van der Waals surface area contributed by atoms with Crippen molar-refractivity contribution in [2.45, 2.75) is 39.5 Å². The Morgan fingerprint density at radius 3 is 2.50 bits per heavy atom. The summed E-state index contributed by atoms with van der Waals surface area (Å²) in [5.41, 5.74) is 1.74. The van der Waals surface area contributed by atoms with Gasteiger partial charge in [-0.3, -0.25) is 0 Å². The Balaban J connectivity index is 2.76. The number of halogens is 3. The van der Waals surface area contributed by atoms with Crippen molar-refractivity contribution in [3.8, 4) is 5.75 Å². The lowest BCUT2D eigenvalue weighted by Gasteiger charge is -2.15. The number of aryl methyl sites for hydroxylation is 1. The molecule has 0 unspecified atom stereocenters. The third kappa shape index (κ3) is 5.40. The van der Waals surface area contributed by atoms with Gasteiger partial charge in [0, 0.05) is 18.2 Å². The third-order valence-electron chi connectivity index (χ3n) is 2.31. The average molecular weight is 261 g/mol. The zero-order valence-corrected chi connectivity index (χ0v) is 10.8. The first-order chi connectivity index (χ1) is 8.28. The highest BCUT2D eigenvalue weighted by atomic mass is 19.4. The van der Waals surface area contributed by atoms with Gasteiger partial charge in [0.05, 0.1) is 0 Å². The van der Waals surface area contributed by atoms with E-state index in [1.165, 1.54) is 0 Å². The van der Waals surface area contributed by atoms with Crippen molar-refractivity contribution in [1.29, 1.82) is 0 Å². The minimum Gasteiger partial charge on any atom is -0.484 e. The van der Waals surface area contributed by atoms with E-state index in [1.54, 1.807) is 12.1 Å². The Morgan fingerprint density at radius 2 is 1.94 bits per heavy atom. The number of rotatable bonds is 5. The van der Waals surface area contributed by atoms with Crippen LogP contribution in [0, 0.1) is 6.92 Å². The van der Waals surface area contributed by atoms with Gasteiger partial charge in [-0.25, -0.2) is 0 Å². The molecule has 2 nitrogen and oxygen atoms in total. The van der Waals surface area contributed by atoms with Crippen LogP contribution in [-0.4, -0.2) is 18.8 Å². The van der Waals surface area contributed by atoms with Crippen LogP contribution >= 0.6 is 0 Å². The summed E-state index contributed by atoms with van der Waals surface area (Å²) in [6.45, 7) is 5.09. The van der Waals surface area contributed by atoms with Crippen molar-refractivity contribution < 1.29 is 17.9 Å². The fraction of sp³-hybridized carbons (Fsp3) is 0.538. The average Bonchev–Trinajstić information content (AvgIpc) is 2.23. The molecule has 0 saturated carbocycles. The van der Waals surface area contributed by atoms with Crippen molar-refractivity contribution in [3.05, 3.63) is 29.3 Å². The van der Waals surface area contributed by atoms with Crippen molar-refractivity contribution in [3.63, 3.8) is 0 Å². The summed E-state index contributed by atoms with van der Waals surface area (Å²) in [5, 5.41) is 3.17. The molecule has 0 aliphatic carbocycles. The number of nitrogens with one attached hydrogen (secondary N) is 1. The maximum absolute atomic E-state index is 12.1. The summed E-state index contributed by atoms with van der Waals surface area (Å²) in [4.78, 5) is 0. The molecule has 1 aromatic rings. The maximum Gasteiger partial charge on any atom is 0.422 e. The van der Waals surface area contributed by atoms with E-state index in [0.717, 1.165) is 11.1 Å². The van der Waals surface area contributed by atoms with Crippen LogP contribution in [0.2, 0.25) is 0 Å². The van der Waals surface area contributed by atoms with Crippen LogP contribution in [0.25, 0.3) is 0 Å². The van der Waals surface area contributed by atoms with Gasteiger partial charge >= 0.3 is 6.18 Å². The highest BCUT2D eigenvalue weighted by molar-refractivity contribution is 5.36. The Morgan fingerprint density at radius 1 is 1.28 bits per heavy atom. The molecule has 1 aromatic carbocycles. The molecule has 0 aliphatic heterocycles. The standard InChI is InChI=1S/C13H18F3NO/c1-9(2)17-7-11-6-10(3)4-5-12(11)18-8-13(14,15)16/h4-6,9,17H,7-8H2,1-3H3. The smallest absolute Gasteiger partial charge is 0.422 e. The molecule has 0 atom stereocenters. The summed E-state index contributed by atoms with van der Waals surface area (Å²) in [6, 6.07) is 5.42. The summed E-state index contributed by atoms with van der Waals surface area (Å²) >= 11 is 0. The molecule has 0 bridgehead atoms. The van der Waals surface area contributed by atoms with Gasteiger partial charge in [-0.2, -0.15) is 13.2 Å². The second kappa shape index (κ2) is 6.09. The van der Waals surface area contributed by atoms with Gasteiger partial charge in [0.15, 0.2) is 6.61 Å². The SMILES string of the molecule is Cc1ccc(OCC(F)(F)F)c(CNC(C)C)c1. The summed E-state index contributed by atoms with van der Waals surface area (Å²) < 4.78 is 41.2. The van der Waals surface area contributed by atoms with E-state index in [2.05, 4.69) is 5.32 Å². The fourth-order valence-corrected chi connectivity index (χ4v) is 1.46. The molecule has 0 aliphatic rings. The van der Waals surface area contributed by atoms with Crippen LogP contribution < -0.4 is 10.1 Å². The molecule has 0 saturated heterocycles. The summed E-state index contributed by atoms with van der Waals surface area (Å²) in [5.74, 6) is 0.283. The van der Waals surface area contributed by atoms with Crippen LogP contribution in [-0.2, 0) is 6.54 Å². The molecule has 18 heavy (non-hydrogen) atoms. The van der Waals surface area contributed by atoms with Crippen LogP contribution in [0.3, 0.4) is 0 Å². The molecule has 102 valence electrons. The van der Waals surface area contributed by atoms with Gasteiger partial charge in [0.2, 0.25) is 0 Å². The Bertz CT molecular complexity index is 388. The monoisotopic (exact) mass is 261 g/mol. The van der Waals surface area contributed by atoms with Crippen molar-refractivity contribution in [1.82, 2.24) is 5.32 Å². The number of benzene rings is 1. The minimum atomic E-state index is -4.31. The van der Waals surface area contributed by atoms with Crippen molar-refractivity contribution in [2.24, 2.45) is 0 Å². The second-order valence-corrected chi connectivity index (χ2v) is 4.55. The van der Waals surface area contributed by atoms with Gasteiger partial charge in [-0.1, -0.05) is 31.5 Å². The Hall–Kier alpha value is -1.23. The predicted molar refractivity (Wildman–Crippen MR) is 64.7 cm³/mol. The molecule has 1 N–H and O–H groups in total. The Kier molecular flexibility index (Phi) is 5.02. The minimum absolute atomic E-state index is 0.265. The van der Waals surface area contributed by atoms with Gasteiger partial charge < -0.3 is 10.1 Å². The quantitative estimate of drug-likeness (QED) is 0.876. The number of hydrogen-bond acceptors (Lipinski definition) is 2. The molecule has 0 heterocycles. The van der Waals surface area contributed by atoms with Gasteiger partial charge in [0.25, 0.3) is 0 Å². The molecule has 1 rings (SSSR count). The van der Waals surface area contributed by atoms with Gasteiger partial charge in [-0.05, 0) is 13.0 Å². The lowest BCUT2D eigenvalue weighted by molar-refractivity contribution is -0.153. The van der Waals surface area contributed by atoms with E-state index in [1.807, 2.05) is 26.8 Å². The van der Waals surface area contributed by atoms with E-state index in [9.17, 15) is 13.2 Å². The van der Waals surface area contributed by atoms with E-state index in [4.69, 9.17) is 4.74 Å². The number of hydrogen-bond donors (Lipinski definition) is 1. The molecule has 0 amide bonds. The number of ether oxygens (including phenoxy) is 1. The maximum atomic E-state index is 12.1. The normalized spacial score (nSPS) is 11.9. The predicted octanol–water partition coefficient (Wildman–Crippen LogP) is 3.43. The van der Waals surface area contributed by atoms with Crippen molar-refractivity contribution >= 4 is 0 Å². The third-order valence-corrected chi connectivity index (χ3v) is 2.31. The van der Waals surface area contributed by atoms with E-state index < -0.39 is 12.8 Å². The zero-order valence-electron chi connectivity index (χ0n) is 10.8. The first-order valence-corrected chi connectivity index (χ1v) is 5.80. The largest absolute Gasteiger partial charge is 0.484 e. The molecule has 0 radical (unpaired) electrons. The first kappa shape index (κ1) is 14.8. The number of alkyl halides is 3. The van der Waals surface area contributed by atoms with E-state index >= 15 is 0 Å². The summed E-state index contributed by atoms with van der Waals surface area (Å²) in [6.07, 6.45) is -4.31. The lowest BCUT2D eigenvalue weighted by Crippen LogP contribution is -2.23. The van der Waals surface area contributed by atoms with E-state index in [0.29, 0.717) is 6.54 Å².